The standard InChI is InChI=1S/C14H17BrClN/c15-14-7-13(4-3-11(14)8-16)17(12-5-6-12)9-10-1-2-10/h3-4,7,10,12H,1-2,5-6,8-9H2. The third-order valence-electron chi connectivity index (χ3n) is 3.65. The van der Waals surface area contributed by atoms with Gasteiger partial charge in [0.2, 0.25) is 0 Å². The van der Waals surface area contributed by atoms with Crippen molar-refractivity contribution in [1.29, 1.82) is 0 Å². The Morgan fingerprint density at radius 3 is 2.53 bits per heavy atom. The van der Waals surface area contributed by atoms with Crippen molar-refractivity contribution in [1.82, 2.24) is 0 Å². The zero-order chi connectivity index (χ0) is 11.8. The van der Waals surface area contributed by atoms with Crippen molar-refractivity contribution >= 4 is 33.2 Å². The predicted molar refractivity (Wildman–Crippen MR) is 76.8 cm³/mol. The molecular weight excluding hydrogens is 298 g/mol. The SMILES string of the molecule is ClCc1ccc(N(CC2CC2)C2CC2)cc1Br. The summed E-state index contributed by atoms with van der Waals surface area (Å²) in [6.07, 6.45) is 5.57. The normalized spacial score (nSPS) is 19.4. The lowest BCUT2D eigenvalue weighted by Crippen LogP contribution is -2.27. The summed E-state index contributed by atoms with van der Waals surface area (Å²) in [4.78, 5) is 2.60. The number of hydrogen-bond acceptors (Lipinski definition) is 1. The van der Waals surface area contributed by atoms with E-state index in [1.54, 1.807) is 0 Å². The van der Waals surface area contributed by atoms with E-state index >= 15 is 0 Å². The van der Waals surface area contributed by atoms with E-state index in [-0.39, 0.29) is 0 Å². The van der Waals surface area contributed by atoms with Crippen LogP contribution in [0.4, 0.5) is 5.69 Å². The van der Waals surface area contributed by atoms with Crippen molar-refractivity contribution in [3.8, 4) is 0 Å². The Bertz CT molecular complexity index is 413. The minimum Gasteiger partial charge on any atom is -0.368 e. The Kier molecular flexibility index (Phi) is 3.36. The van der Waals surface area contributed by atoms with Crippen LogP contribution < -0.4 is 4.90 Å². The summed E-state index contributed by atoms with van der Waals surface area (Å²) in [6.45, 7) is 1.25. The van der Waals surface area contributed by atoms with Gasteiger partial charge in [-0.25, -0.2) is 0 Å². The second-order valence-corrected chi connectivity index (χ2v) is 6.36. The Hall–Kier alpha value is -0.210. The molecule has 0 radical (unpaired) electrons. The van der Waals surface area contributed by atoms with Gasteiger partial charge in [-0.3, -0.25) is 0 Å². The molecule has 0 heterocycles. The maximum absolute atomic E-state index is 5.89. The molecular formula is C14H17BrClN. The van der Waals surface area contributed by atoms with Crippen LogP contribution in [-0.4, -0.2) is 12.6 Å². The lowest BCUT2D eigenvalue weighted by molar-refractivity contribution is 0.718. The molecule has 0 saturated heterocycles. The number of hydrogen-bond donors (Lipinski definition) is 0. The molecule has 17 heavy (non-hydrogen) atoms. The first kappa shape index (κ1) is 11.9. The van der Waals surface area contributed by atoms with E-state index in [1.807, 2.05) is 0 Å². The van der Waals surface area contributed by atoms with Crippen LogP contribution >= 0.6 is 27.5 Å². The van der Waals surface area contributed by atoms with E-state index in [4.69, 9.17) is 11.6 Å². The van der Waals surface area contributed by atoms with Crippen LogP contribution in [0, 0.1) is 5.92 Å². The van der Waals surface area contributed by atoms with E-state index in [2.05, 4.69) is 39.0 Å². The Morgan fingerprint density at radius 2 is 2.00 bits per heavy atom. The highest BCUT2D eigenvalue weighted by molar-refractivity contribution is 9.10. The van der Waals surface area contributed by atoms with Gasteiger partial charge >= 0.3 is 0 Å². The minimum atomic E-state index is 0.576. The maximum atomic E-state index is 5.89. The number of halogens is 2. The summed E-state index contributed by atoms with van der Waals surface area (Å²) in [6, 6.07) is 7.40. The number of rotatable bonds is 5. The van der Waals surface area contributed by atoms with Gasteiger partial charge in [0.1, 0.15) is 0 Å². The second kappa shape index (κ2) is 4.81. The Balaban J connectivity index is 1.81. The summed E-state index contributed by atoms with van der Waals surface area (Å²) in [7, 11) is 0. The van der Waals surface area contributed by atoms with E-state index < -0.39 is 0 Å². The summed E-state index contributed by atoms with van der Waals surface area (Å²) >= 11 is 9.51. The molecule has 0 spiro atoms. The first-order valence-electron chi connectivity index (χ1n) is 6.39. The summed E-state index contributed by atoms with van der Waals surface area (Å²) in [5.41, 5.74) is 2.54. The molecule has 0 aliphatic heterocycles. The zero-order valence-electron chi connectivity index (χ0n) is 9.83. The van der Waals surface area contributed by atoms with Gasteiger partial charge in [0, 0.05) is 28.6 Å². The largest absolute Gasteiger partial charge is 0.368 e. The molecule has 3 heteroatoms. The Morgan fingerprint density at radius 1 is 1.24 bits per heavy atom. The van der Waals surface area contributed by atoms with Crippen LogP contribution in [0.5, 0.6) is 0 Å². The molecule has 2 aliphatic carbocycles. The van der Waals surface area contributed by atoms with Crippen LogP contribution in [0.25, 0.3) is 0 Å². The molecule has 2 aliphatic rings. The van der Waals surface area contributed by atoms with Crippen molar-refractivity contribution in [2.75, 3.05) is 11.4 Å². The van der Waals surface area contributed by atoms with Crippen LogP contribution in [0.1, 0.15) is 31.2 Å². The second-order valence-electron chi connectivity index (χ2n) is 5.24. The highest BCUT2D eigenvalue weighted by Crippen LogP contribution is 2.38. The molecule has 1 nitrogen and oxygen atoms in total. The minimum absolute atomic E-state index is 0.576. The van der Waals surface area contributed by atoms with Crippen LogP contribution in [0.3, 0.4) is 0 Å². The molecule has 1 aromatic carbocycles. The third-order valence-corrected chi connectivity index (χ3v) is 4.68. The van der Waals surface area contributed by atoms with Crippen LogP contribution in [0.15, 0.2) is 22.7 Å². The quantitative estimate of drug-likeness (QED) is 0.720. The van der Waals surface area contributed by atoms with Gasteiger partial charge in [0.15, 0.2) is 0 Å². The third kappa shape index (κ3) is 2.79. The van der Waals surface area contributed by atoms with Crippen molar-refractivity contribution in [3.63, 3.8) is 0 Å². The maximum Gasteiger partial charge on any atom is 0.0485 e. The fraction of sp³-hybridized carbons (Fsp3) is 0.571. The Labute approximate surface area is 116 Å². The number of alkyl halides is 1. The molecule has 0 N–H and O–H groups in total. The molecule has 0 amide bonds. The highest BCUT2D eigenvalue weighted by Gasteiger charge is 2.33. The van der Waals surface area contributed by atoms with Gasteiger partial charge in [-0.05, 0) is 49.3 Å². The van der Waals surface area contributed by atoms with E-state index in [0.717, 1.165) is 16.4 Å². The smallest absolute Gasteiger partial charge is 0.0485 e. The average molecular weight is 315 g/mol. The van der Waals surface area contributed by atoms with E-state index in [0.29, 0.717) is 5.88 Å². The fourth-order valence-electron chi connectivity index (χ4n) is 2.25. The van der Waals surface area contributed by atoms with Crippen molar-refractivity contribution in [2.45, 2.75) is 37.6 Å². The molecule has 0 unspecified atom stereocenters. The molecule has 2 saturated carbocycles. The molecule has 0 aromatic heterocycles. The molecule has 92 valence electrons. The van der Waals surface area contributed by atoms with Gasteiger partial charge in [-0.2, -0.15) is 0 Å². The monoisotopic (exact) mass is 313 g/mol. The van der Waals surface area contributed by atoms with Crippen LogP contribution in [0.2, 0.25) is 0 Å². The summed E-state index contributed by atoms with van der Waals surface area (Å²) in [5.74, 6) is 1.52. The number of nitrogens with zero attached hydrogens (tertiary/aromatic N) is 1. The van der Waals surface area contributed by atoms with Gasteiger partial charge in [-0.1, -0.05) is 22.0 Å². The molecule has 3 rings (SSSR count). The first-order valence-corrected chi connectivity index (χ1v) is 7.71. The summed E-state index contributed by atoms with van der Waals surface area (Å²) in [5, 5.41) is 0. The van der Waals surface area contributed by atoms with Gasteiger partial charge in [0.05, 0.1) is 0 Å². The molecule has 1 aromatic rings. The molecule has 0 bridgehead atoms. The van der Waals surface area contributed by atoms with Crippen molar-refractivity contribution in [3.05, 3.63) is 28.2 Å². The van der Waals surface area contributed by atoms with E-state index in [1.165, 1.54) is 43.5 Å². The fourth-order valence-corrected chi connectivity index (χ4v) is 3.15. The molecule has 0 atom stereocenters. The highest BCUT2D eigenvalue weighted by atomic mass is 79.9. The predicted octanol–water partition coefficient (Wildman–Crippen LogP) is 4.57. The van der Waals surface area contributed by atoms with Crippen molar-refractivity contribution < 1.29 is 0 Å². The van der Waals surface area contributed by atoms with E-state index in [9.17, 15) is 0 Å². The van der Waals surface area contributed by atoms with Crippen molar-refractivity contribution in [2.24, 2.45) is 5.92 Å². The lowest BCUT2D eigenvalue weighted by atomic mass is 10.2. The zero-order valence-corrected chi connectivity index (χ0v) is 12.2. The van der Waals surface area contributed by atoms with Gasteiger partial charge in [0.25, 0.3) is 0 Å². The average Bonchev–Trinajstić information content (AvgIpc) is 3.17. The lowest BCUT2D eigenvalue weighted by Gasteiger charge is -2.25. The number of anilines is 1. The first-order chi connectivity index (χ1) is 8.28. The number of benzene rings is 1. The van der Waals surface area contributed by atoms with Crippen LogP contribution in [-0.2, 0) is 5.88 Å². The van der Waals surface area contributed by atoms with Gasteiger partial charge < -0.3 is 4.90 Å². The van der Waals surface area contributed by atoms with Gasteiger partial charge in [-0.15, -0.1) is 11.6 Å². The topological polar surface area (TPSA) is 3.24 Å². The molecule has 2 fully saturated rings. The summed E-state index contributed by atoms with van der Waals surface area (Å²) < 4.78 is 1.14.